The van der Waals surface area contributed by atoms with Gasteiger partial charge in [0.25, 0.3) is 0 Å². The van der Waals surface area contributed by atoms with Crippen molar-refractivity contribution in [3.63, 3.8) is 0 Å². The number of hydrogen-bond acceptors (Lipinski definition) is 7. The van der Waals surface area contributed by atoms with E-state index in [1.54, 1.807) is 6.92 Å². The fourth-order valence-electron chi connectivity index (χ4n) is 2.31. The van der Waals surface area contributed by atoms with Crippen LogP contribution in [0.5, 0.6) is 0 Å². The van der Waals surface area contributed by atoms with Gasteiger partial charge in [0.15, 0.2) is 6.29 Å². The van der Waals surface area contributed by atoms with E-state index < -0.39 is 12.1 Å². The summed E-state index contributed by atoms with van der Waals surface area (Å²) in [7, 11) is 0. The molecule has 0 aromatic rings. The zero-order valence-corrected chi connectivity index (χ0v) is 18.1. The number of hydrogen-bond donors (Lipinski definition) is 2. The van der Waals surface area contributed by atoms with Crippen LogP contribution < -0.4 is 5.32 Å². The molecule has 8 nitrogen and oxygen atoms in total. The number of amides is 1. The lowest BCUT2D eigenvalue weighted by Gasteiger charge is -2.14. The molecule has 170 valence electrons. The van der Waals surface area contributed by atoms with E-state index in [4.69, 9.17) is 24.1 Å². The minimum atomic E-state index is -0.512. The standard InChI is InChI=1S/C21H39NO7/c1-18(2)20(24)28-17-12-22-21(25)29-16-11-7-6-10-15-27-19(3)26-14-9-5-4-8-13-23/h19,23H,1,4-17H2,2-3H3,(H,22,25). The maximum atomic E-state index is 11.5. The lowest BCUT2D eigenvalue weighted by atomic mass is 10.2. The summed E-state index contributed by atoms with van der Waals surface area (Å²) in [4.78, 5) is 22.6. The van der Waals surface area contributed by atoms with Gasteiger partial charge in [0, 0.05) is 25.4 Å². The number of alkyl carbamates (subject to hydrolysis) is 1. The first kappa shape index (κ1) is 27.4. The maximum absolute atomic E-state index is 11.5. The summed E-state index contributed by atoms with van der Waals surface area (Å²) in [6.07, 6.45) is 6.90. The third-order valence-corrected chi connectivity index (χ3v) is 3.98. The second kappa shape index (κ2) is 19.7. The maximum Gasteiger partial charge on any atom is 0.407 e. The Morgan fingerprint density at radius 3 is 1.97 bits per heavy atom. The summed E-state index contributed by atoms with van der Waals surface area (Å²) < 4.78 is 21.1. The highest BCUT2D eigenvalue weighted by Crippen LogP contribution is 2.05. The summed E-state index contributed by atoms with van der Waals surface area (Å²) in [6, 6.07) is 0. The van der Waals surface area contributed by atoms with Crippen molar-refractivity contribution in [3.8, 4) is 0 Å². The number of unbranched alkanes of at least 4 members (excludes halogenated alkanes) is 6. The van der Waals surface area contributed by atoms with Crippen molar-refractivity contribution in [3.05, 3.63) is 12.2 Å². The second-order valence-electron chi connectivity index (χ2n) is 6.84. The summed E-state index contributed by atoms with van der Waals surface area (Å²) in [5.74, 6) is -0.473. The quantitative estimate of drug-likeness (QED) is 0.144. The van der Waals surface area contributed by atoms with Gasteiger partial charge in [-0.2, -0.15) is 0 Å². The lowest BCUT2D eigenvalue weighted by Crippen LogP contribution is -2.29. The van der Waals surface area contributed by atoms with E-state index in [1.807, 2.05) is 6.92 Å². The van der Waals surface area contributed by atoms with Crippen LogP contribution in [0.25, 0.3) is 0 Å². The number of carbonyl (C=O) groups excluding carboxylic acids is 2. The first-order valence-electron chi connectivity index (χ1n) is 10.5. The van der Waals surface area contributed by atoms with Gasteiger partial charge in [-0.3, -0.25) is 0 Å². The van der Waals surface area contributed by atoms with Crippen LogP contribution in [0.4, 0.5) is 4.79 Å². The molecule has 0 aromatic heterocycles. The summed E-state index contributed by atoms with van der Waals surface area (Å²) in [5.41, 5.74) is 0.324. The summed E-state index contributed by atoms with van der Waals surface area (Å²) in [5, 5.41) is 11.2. The third-order valence-electron chi connectivity index (χ3n) is 3.98. The summed E-state index contributed by atoms with van der Waals surface area (Å²) in [6.45, 7) is 9.18. The fourth-order valence-corrected chi connectivity index (χ4v) is 2.31. The molecule has 29 heavy (non-hydrogen) atoms. The molecule has 0 saturated heterocycles. The Hall–Kier alpha value is -1.64. The van der Waals surface area contributed by atoms with Gasteiger partial charge in [0.05, 0.1) is 13.2 Å². The minimum Gasteiger partial charge on any atom is -0.460 e. The molecule has 1 amide bonds. The largest absolute Gasteiger partial charge is 0.460 e. The highest BCUT2D eigenvalue weighted by molar-refractivity contribution is 5.86. The van der Waals surface area contributed by atoms with E-state index in [9.17, 15) is 9.59 Å². The van der Waals surface area contributed by atoms with Crippen LogP contribution in [0.3, 0.4) is 0 Å². The normalized spacial score (nSPS) is 11.7. The van der Waals surface area contributed by atoms with Gasteiger partial charge < -0.3 is 29.4 Å². The topological polar surface area (TPSA) is 103 Å². The molecule has 0 aliphatic heterocycles. The molecule has 0 aromatic carbocycles. The van der Waals surface area contributed by atoms with Crippen LogP contribution in [0.2, 0.25) is 0 Å². The predicted molar refractivity (Wildman–Crippen MR) is 111 cm³/mol. The number of esters is 1. The van der Waals surface area contributed by atoms with Crippen molar-refractivity contribution < 1.29 is 33.6 Å². The molecular weight excluding hydrogens is 378 g/mol. The van der Waals surface area contributed by atoms with Crippen molar-refractivity contribution in [1.82, 2.24) is 5.32 Å². The molecule has 0 bridgehead atoms. The van der Waals surface area contributed by atoms with Crippen molar-refractivity contribution in [2.45, 2.75) is 71.5 Å². The molecule has 0 aliphatic rings. The minimum absolute atomic E-state index is 0.0899. The fraction of sp³-hybridized carbons (Fsp3) is 0.810. The van der Waals surface area contributed by atoms with Gasteiger partial charge in [-0.15, -0.1) is 0 Å². The van der Waals surface area contributed by atoms with E-state index in [1.165, 1.54) is 0 Å². The van der Waals surface area contributed by atoms with Crippen molar-refractivity contribution in [2.75, 3.05) is 39.6 Å². The van der Waals surface area contributed by atoms with Gasteiger partial charge in [-0.1, -0.05) is 25.8 Å². The lowest BCUT2D eigenvalue weighted by molar-refractivity contribution is -0.138. The number of aliphatic hydroxyl groups is 1. The Morgan fingerprint density at radius 2 is 1.41 bits per heavy atom. The van der Waals surface area contributed by atoms with E-state index in [2.05, 4.69) is 11.9 Å². The second-order valence-corrected chi connectivity index (χ2v) is 6.84. The average Bonchev–Trinajstić information content (AvgIpc) is 2.69. The number of carbonyl (C=O) groups is 2. The number of ether oxygens (including phenoxy) is 4. The molecule has 0 saturated carbocycles. The predicted octanol–water partition coefficient (Wildman–Crippen LogP) is 3.32. The van der Waals surface area contributed by atoms with Crippen LogP contribution in [0.15, 0.2) is 12.2 Å². The highest BCUT2D eigenvalue weighted by atomic mass is 16.7. The molecule has 2 N–H and O–H groups in total. The van der Waals surface area contributed by atoms with E-state index in [0.29, 0.717) is 25.4 Å². The molecule has 0 radical (unpaired) electrons. The zero-order chi connectivity index (χ0) is 21.7. The molecule has 1 unspecified atom stereocenters. The SMILES string of the molecule is C=C(C)C(=O)OCCNC(=O)OCCCCCCOC(C)OCCCCCCO. The van der Waals surface area contributed by atoms with Crippen LogP contribution >= 0.6 is 0 Å². The Kier molecular flexibility index (Phi) is 18.6. The molecule has 0 fully saturated rings. The first-order chi connectivity index (χ1) is 14.0. The van der Waals surface area contributed by atoms with Crippen molar-refractivity contribution in [2.24, 2.45) is 0 Å². The molecule has 0 rings (SSSR count). The van der Waals surface area contributed by atoms with Crippen LogP contribution in [-0.2, 0) is 23.7 Å². The average molecular weight is 418 g/mol. The Bertz CT molecular complexity index is 443. The van der Waals surface area contributed by atoms with Crippen molar-refractivity contribution >= 4 is 12.1 Å². The highest BCUT2D eigenvalue weighted by Gasteiger charge is 2.05. The Labute approximate surface area is 174 Å². The Morgan fingerprint density at radius 1 is 0.862 bits per heavy atom. The van der Waals surface area contributed by atoms with E-state index >= 15 is 0 Å². The number of rotatable bonds is 19. The molecule has 0 aliphatic carbocycles. The molecule has 8 heteroatoms. The molecule has 1 atom stereocenters. The third kappa shape index (κ3) is 19.4. The molecular formula is C21H39NO7. The van der Waals surface area contributed by atoms with Crippen LogP contribution in [0.1, 0.15) is 65.2 Å². The smallest absolute Gasteiger partial charge is 0.407 e. The van der Waals surface area contributed by atoms with Gasteiger partial charge in [0.1, 0.15) is 6.61 Å². The van der Waals surface area contributed by atoms with Gasteiger partial charge in [0.2, 0.25) is 0 Å². The molecule has 0 heterocycles. The van der Waals surface area contributed by atoms with Crippen LogP contribution in [0, 0.1) is 0 Å². The number of aliphatic hydroxyl groups excluding tert-OH is 1. The zero-order valence-electron chi connectivity index (χ0n) is 18.1. The number of nitrogens with one attached hydrogen (secondary N) is 1. The Balaban J connectivity index is 3.34. The molecule has 0 spiro atoms. The van der Waals surface area contributed by atoms with Gasteiger partial charge in [-0.25, -0.2) is 9.59 Å². The van der Waals surface area contributed by atoms with Crippen LogP contribution in [-0.4, -0.2) is 63.0 Å². The van der Waals surface area contributed by atoms with E-state index in [0.717, 1.165) is 51.4 Å². The first-order valence-corrected chi connectivity index (χ1v) is 10.5. The van der Waals surface area contributed by atoms with Crippen molar-refractivity contribution in [1.29, 1.82) is 0 Å². The van der Waals surface area contributed by atoms with Gasteiger partial charge >= 0.3 is 12.1 Å². The summed E-state index contributed by atoms with van der Waals surface area (Å²) >= 11 is 0. The van der Waals surface area contributed by atoms with Gasteiger partial charge in [-0.05, 0) is 46.0 Å². The monoisotopic (exact) mass is 417 g/mol. The van der Waals surface area contributed by atoms with E-state index in [-0.39, 0.29) is 26.0 Å².